The summed E-state index contributed by atoms with van der Waals surface area (Å²) in [6, 6.07) is 0.00167. The van der Waals surface area contributed by atoms with Gasteiger partial charge in [0.1, 0.15) is 11.4 Å². The molecule has 6 heteroatoms. The van der Waals surface area contributed by atoms with Crippen LogP contribution in [-0.4, -0.2) is 15.0 Å². The maximum absolute atomic E-state index is 12.8. The van der Waals surface area contributed by atoms with Crippen LogP contribution in [0, 0.1) is 5.92 Å². The van der Waals surface area contributed by atoms with E-state index in [4.69, 9.17) is 5.73 Å². The molecule has 0 bridgehead atoms. The number of alkyl halides is 2. The topological polar surface area (TPSA) is 56.7 Å². The molecule has 1 aromatic rings. The number of rotatable bonds is 4. The first kappa shape index (κ1) is 10.5. The molecule has 0 aliphatic heterocycles. The van der Waals surface area contributed by atoms with Crippen LogP contribution in [0.1, 0.15) is 43.6 Å². The molecule has 0 saturated heterocycles. The van der Waals surface area contributed by atoms with E-state index in [-0.39, 0.29) is 24.0 Å². The molecule has 2 N–H and O–H groups in total. The van der Waals surface area contributed by atoms with E-state index in [1.807, 2.05) is 6.92 Å². The predicted octanol–water partition coefficient (Wildman–Crippen LogP) is 1.65. The molecule has 0 spiro atoms. The fraction of sp³-hybridized carbons (Fsp3) is 0.778. The molecule has 1 fully saturated rings. The predicted molar refractivity (Wildman–Crippen MR) is 50.3 cm³/mol. The zero-order valence-corrected chi connectivity index (χ0v) is 8.53. The summed E-state index contributed by atoms with van der Waals surface area (Å²) < 4.78 is 26.9. The zero-order valence-electron chi connectivity index (χ0n) is 8.53. The summed E-state index contributed by atoms with van der Waals surface area (Å²) >= 11 is 0. The number of hydrogen-bond acceptors (Lipinski definition) is 3. The van der Waals surface area contributed by atoms with Gasteiger partial charge in [-0.25, -0.2) is 13.5 Å². The number of nitrogens with zero attached hydrogens (tertiary/aromatic N) is 3. The highest BCUT2D eigenvalue weighted by Crippen LogP contribution is 2.40. The Morgan fingerprint density at radius 1 is 1.53 bits per heavy atom. The summed E-state index contributed by atoms with van der Waals surface area (Å²) in [5, 5.41) is 7.47. The molecule has 2 rings (SSSR count). The Kier molecular flexibility index (Phi) is 2.68. The van der Waals surface area contributed by atoms with Crippen LogP contribution in [0.15, 0.2) is 0 Å². The van der Waals surface area contributed by atoms with Crippen molar-refractivity contribution in [2.24, 2.45) is 11.7 Å². The van der Waals surface area contributed by atoms with Crippen LogP contribution in [0.5, 0.6) is 0 Å². The van der Waals surface area contributed by atoms with Gasteiger partial charge >= 0.3 is 0 Å². The third kappa shape index (κ3) is 1.86. The van der Waals surface area contributed by atoms with Crippen LogP contribution < -0.4 is 5.73 Å². The van der Waals surface area contributed by atoms with Crippen molar-refractivity contribution in [3.05, 3.63) is 11.4 Å². The van der Waals surface area contributed by atoms with E-state index in [9.17, 15) is 8.78 Å². The van der Waals surface area contributed by atoms with Crippen LogP contribution in [0.3, 0.4) is 0 Å². The van der Waals surface area contributed by atoms with Crippen LogP contribution in [-0.2, 0) is 6.54 Å². The zero-order chi connectivity index (χ0) is 11.0. The molecule has 1 heterocycles. The van der Waals surface area contributed by atoms with Crippen LogP contribution in [0.4, 0.5) is 8.78 Å². The lowest BCUT2D eigenvalue weighted by atomic mass is 10.2. The van der Waals surface area contributed by atoms with Gasteiger partial charge in [-0.05, 0) is 25.7 Å². The molecule has 1 saturated carbocycles. The summed E-state index contributed by atoms with van der Waals surface area (Å²) in [7, 11) is 0. The van der Waals surface area contributed by atoms with Crippen LogP contribution >= 0.6 is 0 Å². The quantitative estimate of drug-likeness (QED) is 0.832. The Balaban J connectivity index is 2.32. The molecule has 0 amide bonds. The van der Waals surface area contributed by atoms with Crippen molar-refractivity contribution < 1.29 is 8.78 Å². The summed E-state index contributed by atoms with van der Waals surface area (Å²) in [6.45, 7) is 1.91. The van der Waals surface area contributed by atoms with Gasteiger partial charge in [0.25, 0.3) is 6.43 Å². The van der Waals surface area contributed by atoms with Crippen molar-refractivity contribution in [3.63, 3.8) is 0 Å². The fourth-order valence-corrected chi connectivity index (χ4v) is 1.78. The maximum Gasteiger partial charge on any atom is 0.281 e. The largest absolute Gasteiger partial charge is 0.325 e. The molecular weight excluding hydrogens is 202 g/mol. The average Bonchev–Trinajstić information content (AvgIpc) is 2.95. The van der Waals surface area contributed by atoms with Gasteiger partial charge in [0.15, 0.2) is 0 Å². The van der Waals surface area contributed by atoms with Gasteiger partial charge < -0.3 is 5.73 Å². The Labute approximate surface area is 86.4 Å². The molecule has 1 atom stereocenters. The van der Waals surface area contributed by atoms with Crippen LogP contribution in [0.2, 0.25) is 0 Å². The molecule has 0 radical (unpaired) electrons. The Morgan fingerprint density at radius 3 is 2.67 bits per heavy atom. The van der Waals surface area contributed by atoms with Crippen LogP contribution in [0.25, 0.3) is 0 Å². The normalized spacial score (nSPS) is 18.5. The Hall–Kier alpha value is -1.04. The molecule has 0 aromatic carbocycles. The average molecular weight is 216 g/mol. The smallest absolute Gasteiger partial charge is 0.281 e. The van der Waals surface area contributed by atoms with Crippen molar-refractivity contribution in [3.8, 4) is 0 Å². The number of halogens is 2. The van der Waals surface area contributed by atoms with E-state index in [0.717, 1.165) is 12.8 Å². The van der Waals surface area contributed by atoms with Gasteiger partial charge in [-0.15, -0.1) is 5.10 Å². The highest BCUT2D eigenvalue weighted by atomic mass is 19.3. The second-order valence-electron chi connectivity index (χ2n) is 3.95. The van der Waals surface area contributed by atoms with E-state index >= 15 is 0 Å². The van der Waals surface area contributed by atoms with Crippen molar-refractivity contribution >= 4 is 0 Å². The first-order chi connectivity index (χ1) is 7.15. The van der Waals surface area contributed by atoms with E-state index in [2.05, 4.69) is 10.3 Å². The number of hydrogen-bond donors (Lipinski definition) is 1. The number of aromatic nitrogens is 3. The maximum atomic E-state index is 12.8. The first-order valence-corrected chi connectivity index (χ1v) is 5.07. The SMILES string of the molecule is CC(C1CC1)n1nnc(CN)c1C(F)F. The molecule has 1 aliphatic rings. The monoisotopic (exact) mass is 216 g/mol. The lowest BCUT2D eigenvalue weighted by Gasteiger charge is -2.13. The molecule has 1 unspecified atom stereocenters. The molecule has 1 aromatic heterocycles. The van der Waals surface area contributed by atoms with E-state index in [0.29, 0.717) is 5.92 Å². The van der Waals surface area contributed by atoms with E-state index < -0.39 is 6.43 Å². The highest BCUT2D eigenvalue weighted by Gasteiger charge is 2.33. The van der Waals surface area contributed by atoms with E-state index in [1.54, 1.807) is 0 Å². The van der Waals surface area contributed by atoms with Gasteiger partial charge in [-0.2, -0.15) is 0 Å². The fourth-order valence-electron chi connectivity index (χ4n) is 1.78. The van der Waals surface area contributed by atoms with Crippen molar-refractivity contribution in [2.75, 3.05) is 0 Å². The minimum atomic E-state index is -2.56. The van der Waals surface area contributed by atoms with Gasteiger partial charge in [0.2, 0.25) is 0 Å². The van der Waals surface area contributed by atoms with Gasteiger partial charge in [0, 0.05) is 6.54 Å². The molecule has 15 heavy (non-hydrogen) atoms. The van der Waals surface area contributed by atoms with Gasteiger partial charge in [-0.1, -0.05) is 5.21 Å². The van der Waals surface area contributed by atoms with Crippen molar-refractivity contribution in [1.82, 2.24) is 15.0 Å². The first-order valence-electron chi connectivity index (χ1n) is 5.07. The molecular formula is C9H14F2N4. The van der Waals surface area contributed by atoms with Gasteiger partial charge in [0.05, 0.1) is 6.04 Å². The Bertz CT molecular complexity index is 346. The molecule has 1 aliphatic carbocycles. The van der Waals surface area contributed by atoms with Gasteiger partial charge in [-0.3, -0.25) is 0 Å². The summed E-state index contributed by atoms with van der Waals surface area (Å²) in [5.74, 6) is 0.467. The Morgan fingerprint density at radius 2 is 2.20 bits per heavy atom. The summed E-state index contributed by atoms with van der Waals surface area (Å²) in [4.78, 5) is 0. The van der Waals surface area contributed by atoms with Crippen molar-refractivity contribution in [2.45, 2.75) is 38.8 Å². The minimum Gasteiger partial charge on any atom is -0.325 e. The summed E-state index contributed by atoms with van der Waals surface area (Å²) in [5.41, 5.74) is 5.44. The molecule has 4 nitrogen and oxygen atoms in total. The van der Waals surface area contributed by atoms with E-state index in [1.165, 1.54) is 4.68 Å². The highest BCUT2D eigenvalue weighted by molar-refractivity contribution is 5.12. The number of nitrogens with two attached hydrogens (primary N) is 1. The second-order valence-corrected chi connectivity index (χ2v) is 3.95. The molecule has 84 valence electrons. The lowest BCUT2D eigenvalue weighted by Crippen LogP contribution is -2.14. The lowest BCUT2D eigenvalue weighted by molar-refractivity contribution is 0.134. The third-order valence-corrected chi connectivity index (χ3v) is 2.89. The summed E-state index contributed by atoms with van der Waals surface area (Å²) in [6.07, 6.45) is -0.386. The standard InChI is InChI=1S/C9H14F2N4/c1-5(6-2-3-6)15-8(9(10)11)7(4-12)13-14-15/h5-6,9H,2-4,12H2,1H3. The van der Waals surface area contributed by atoms with Crippen molar-refractivity contribution in [1.29, 1.82) is 0 Å². The third-order valence-electron chi connectivity index (χ3n) is 2.89. The minimum absolute atomic E-state index is 0.00167. The second kappa shape index (κ2) is 3.84.